The van der Waals surface area contributed by atoms with Crippen molar-refractivity contribution in [2.75, 3.05) is 0 Å². The zero-order chi connectivity index (χ0) is 22.6. The van der Waals surface area contributed by atoms with Crippen LogP contribution in [0.2, 0.25) is 0 Å². The van der Waals surface area contributed by atoms with Crippen molar-refractivity contribution in [2.45, 2.75) is 50.9 Å². The maximum atomic E-state index is 14.2. The van der Waals surface area contributed by atoms with Crippen LogP contribution in [-0.4, -0.2) is 45.5 Å². The summed E-state index contributed by atoms with van der Waals surface area (Å²) >= 11 is 3.12. The molecule has 1 heterocycles. The van der Waals surface area contributed by atoms with E-state index in [1.54, 1.807) is 0 Å². The third-order valence-electron chi connectivity index (χ3n) is 4.58. The summed E-state index contributed by atoms with van der Waals surface area (Å²) in [5, 5.41) is 14.1. The Morgan fingerprint density at radius 1 is 1.07 bits per heavy atom. The molecule has 162 valence electrons. The highest BCUT2D eigenvalue weighted by Gasteiger charge is 2.76. The van der Waals surface area contributed by atoms with Crippen molar-refractivity contribution < 1.29 is 40.6 Å². The van der Waals surface area contributed by atoms with Gasteiger partial charge in [0.1, 0.15) is 5.71 Å². The van der Waals surface area contributed by atoms with Crippen LogP contribution in [-0.2, 0) is 0 Å². The van der Waals surface area contributed by atoms with E-state index in [2.05, 4.69) is 21.0 Å². The Morgan fingerprint density at radius 2 is 1.55 bits per heavy atom. The first-order valence-electron chi connectivity index (χ1n) is 8.09. The number of aliphatic hydroxyl groups is 1. The molecule has 0 bridgehead atoms. The second-order valence-electron chi connectivity index (χ2n) is 7.56. The number of alkyl halides is 7. The molecular formula is C17H16BrF7N2O2. The molecule has 4 nitrogen and oxygen atoms in total. The van der Waals surface area contributed by atoms with Crippen LogP contribution in [0.15, 0.2) is 33.8 Å². The van der Waals surface area contributed by atoms with Crippen LogP contribution in [0.4, 0.5) is 30.7 Å². The normalized spacial score (nSPS) is 21.4. The SMILES string of the molecule is CC(C)(C)[C@@]1(O)CC(C(F)(F)C(F)(F)C(F)(F)F)=NN1C(=O)c1ccc(Br)cc1. The third-order valence-corrected chi connectivity index (χ3v) is 5.11. The highest BCUT2D eigenvalue weighted by molar-refractivity contribution is 9.10. The quantitative estimate of drug-likeness (QED) is 0.588. The number of halogens is 8. The number of nitrogens with zero attached hydrogens (tertiary/aromatic N) is 2. The summed E-state index contributed by atoms with van der Waals surface area (Å²) in [7, 11) is 0. The van der Waals surface area contributed by atoms with Gasteiger partial charge >= 0.3 is 18.0 Å². The first-order valence-corrected chi connectivity index (χ1v) is 8.88. The fourth-order valence-corrected chi connectivity index (χ4v) is 2.86. The molecule has 1 atom stereocenters. The van der Waals surface area contributed by atoms with Crippen molar-refractivity contribution in [1.82, 2.24) is 5.01 Å². The summed E-state index contributed by atoms with van der Waals surface area (Å²) in [4.78, 5) is 12.7. The number of hydrogen-bond acceptors (Lipinski definition) is 3. The van der Waals surface area contributed by atoms with Crippen LogP contribution in [0.25, 0.3) is 0 Å². The number of carbonyl (C=O) groups excluding carboxylic acids is 1. The lowest BCUT2D eigenvalue weighted by Gasteiger charge is -2.41. The maximum absolute atomic E-state index is 14.2. The highest BCUT2D eigenvalue weighted by Crippen LogP contribution is 2.51. The molecule has 1 aliphatic heterocycles. The zero-order valence-electron chi connectivity index (χ0n) is 15.3. The molecule has 0 fully saturated rings. The molecule has 2 rings (SSSR count). The Labute approximate surface area is 169 Å². The molecule has 1 amide bonds. The minimum absolute atomic E-state index is 0.145. The van der Waals surface area contributed by atoms with Crippen LogP contribution in [0.5, 0.6) is 0 Å². The van der Waals surface area contributed by atoms with Crippen LogP contribution >= 0.6 is 15.9 Å². The van der Waals surface area contributed by atoms with Gasteiger partial charge in [0, 0.05) is 21.9 Å². The van der Waals surface area contributed by atoms with Gasteiger partial charge in [-0.3, -0.25) is 4.79 Å². The van der Waals surface area contributed by atoms with Crippen LogP contribution in [0, 0.1) is 5.41 Å². The fraction of sp³-hybridized carbons (Fsp3) is 0.529. The Kier molecular flexibility index (Phi) is 5.64. The van der Waals surface area contributed by atoms with E-state index in [9.17, 15) is 40.6 Å². The Balaban J connectivity index is 2.59. The second kappa shape index (κ2) is 6.93. The van der Waals surface area contributed by atoms with E-state index in [-0.39, 0.29) is 10.6 Å². The van der Waals surface area contributed by atoms with Gasteiger partial charge in [0.05, 0.1) is 0 Å². The van der Waals surface area contributed by atoms with E-state index >= 15 is 0 Å². The van der Waals surface area contributed by atoms with Gasteiger partial charge in [-0.2, -0.15) is 40.8 Å². The van der Waals surface area contributed by atoms with Gasteiger partial charge in [-0.1, -0.05) is 36.7 Å². The monoisotopic (exact) mass is 492 g/mol. The molecule has 0 spiro atoms. The average molecular weight is 493 g/mol. The molecular weight excluding hydrogens is 477 g/mol. The first kappa shape index (κ1) is 23.6. The smallest absolute Gasteiger partial charge is 0.368 e. The molecule has 29 heavy (non-hydrogen) atoms. The summed E-state index contributed by atoms with van der Waals surface area (Å²) in [6.07, 6.45) is -7.96. The van der Waals surface area contributed by atoms with Crippen LogP contribution in [0.3, 0.4) is 0 Å². The lowest BCUT2D eigenvalue weighted by atomic mass is 9.79. The third kappa shape index (κ3) is 3.76. The van der Waals surface area contributed by atoms with Crippen molar-refractivity contribution >= 4 is 27.5 Å². The van der Waals surface area contributed by atoms with Gasteiger partial charge < -0.3 is 5.11 Å². The molecule has 0 saturated heterocycles. The zero-order valence-corrected chi connectivity index (χ0v) is 16.9. The van der Waals surface area contributed by atoms with Gasteiger partial charge in [-0.25, -0.2) is 0 Å². The topological polar surface area (TPSA) is 52.9 Å². The van der Waals surface area contributed by atoms with Gasteiger partial charge in [0.25, 0.3) is 5.91 Å². The Bertz CT molecular complexity index is 832. The molecule has 0 aromatic heterocycles. The van der Waals surface area contributed by atoms with Gasteiger partial charge in [0.15, 0.2) is 5.72 Å². The maximum Gasteiger partial charge on any atom is 0.460 e. The number of hydrazone groups is 1. The Hall–Kier alpha value is -1.69. The molecule has 1 aromatic rings. The van der Waals surface area contributed by atoms with Gasteiger partial charge in [0.2, 0.25) is 0 Å². The lowest BCUT2D eigenvalue weighted by Crippen LogP contribution is -2.58. The summed E-state index contributed by atoms with van der Waals surface area (Å²) in [5.41, 5.74) is -6.08. The lowest BCUT2D eigenvalue weighted by molar-refractivity contribution is -0.336. The van der Waals surface area contributed by atoms with Crippen LogP contribution in [0.1, 0.15) is 37.6 Å². The minimum Gasteiger partial charge on any atom is -0.368 e. The molecule has 1 aliphatic rings. The predicted octanol–water partition coefficient (Wildman–Crippen LogP) is 5.22. The van der Waals surface area contributed by atoms with Gasteiger partial charge in [-0.15, -0.1) is 0 Å². The van der Waals surface area contributed by atoms with Gasteiger partial charge in [-0.05, 0) is 24.3 Å². The van der Waals surface area contributed by atoms with E-state index in [0.29, 0.717) is 4.47 Å². The Morgan fingerprint density at radius 3 is 1.97 bits per heavy atom. The van der Waals surface area contributed by atoms with Crippen molar-refractivity contribution in [1.29, 1.82) is 0 Å². The number of amides is 1. The van der Waals surface area contributed by atoms with E-state index in [1.165, 1.54) is 45.0 Å². The number of rotatable bonds is 3. The fourth-order valence-electron chi connectivity index (χ4n) is 2.59. The second-order valence-corrected chi connectivity index (χ2v) is 8.48. The molecule has 0 unspecified atom stereocenters. The van der Waals surface area contributed by atoms with Crippen LogP contribution < -0.4 is 0 Å². The van der Waals surface area contributed by atoms with Crippen molar-refractivity contribution in [3.8, 4) is 0 Å². The van der Waals surface area contributed by atoms with E-state index < -0.39 is 47.2 Å². The summed E-state index contributed by atoms with van der Waals surface area (Å²) < 4.78 is 93.4. The van der Waals surface area contributed by atoms with E-state index in [0.717, 1.165) is 0 Å². The number of carbonyl (C=O) groups is 1. The highest BCUT2D eigenvalue weighted by atomic mass is 79.9. The summed E-state index contributed by atoms with van der Waals surface area (Å²) in [6, 6.07) is 5.31. The molecule has 0 saturated carbocycles. The largest absolute Gasteiger partial charge is 0.460 e. The summed E-state index contributed by atoms with van der Waals surface area (Å²) in [5.74, 6) is -13.4. The van der Waals surface area contributed by atoms with Crippen molar-refractivity contribution in [3.63, 3.8) is 0 Å². The first-order chi connectivity index (χ1) is 12.9. The predicted molar refractivity (Wildman–Crippen MR) is 92.7 cm³/mol. The number of benzene rings is 1. The summed E-state index contributed by atoms with van der Waals surface area (Å²) in [6.45, 7) is 3.90. The number of hydrogen-bond donors (Lipinski definition) is 1. The molecule has 0 aliphatic carbocycles. The van der Waals surface area contributed by atoms with Crippen molar-refractivity contribution in [3.05, 3.63) is 34.3 Å². The van der Waals surface area contributed by atoms with Crippen molar-refractivity contribution in [2.24, 2.45) is 10.5 Å². The standard InChI is InChI=1S/C17H16BrF7N2O2/c1-13(2,3)14(29)8-11(15(19,20)16(21,22)17(23,24)25)26-27(14)12(28)9-4-6-10(18)7-5-9/h4-7,29H,8H2,1-3H3/t14-/m0/s1. The molecule has 0 radical (unpaired) electrons. The van der Waals surface area contributed by atoms with E-state index in [4.69, 9.17) is 0 Å². The average Bonchev–Trinajstić information content (AvgIpc) is 2.93. The molecule has 1 N–H and O–H groups in total. The molecule has 1 aromatic carbocycles. The minimum atomic E-state index is -6.57. The molecule has 12 heteroatoms. The van der Waals surface area contributed by atoms with E-state index in [1.807, 2.05) is 0 Å².